The Bertz CT molecular complexity index is 1460. The number of hydrogen-bond acceptors (Lipinski definition) is 6. The van der Waals surface area contributed by atoms with Crippen LogP contribution in [0.3, 0.4) is 0 Å². The van der Waals surface area contributed by atoms with Gasteiger partial charge in [0, 0.05) is 42.7 Å². The molecule has 0 fully saturated rings. The molecule has 2 aliphatic heterocycles. The van der Waals surface area contributed by atoms with Crippen LogP contribution in [-0.2, 0) is 24.9 Å². The van der Waals surface area contributed by atoms with Gasteiger partial charge in [-0.1, -0.05) is 13.0 Å². The average Bonchev–Trinajstić information content (AvgIpc) is 3.37. The van der Waals surface area contributed by atoms with Gasteiger partial charge in [0.25, 0.3) is 0 Å². The van der Waals surface area contributed by atoms with Crippen LogP contribution >= 0.6 is 0 Å². The minimum Gasteiger partial charge on any atom is -0.322 e. The first-order valence-electron chi connectivity index (χ1n) is 12.4. The molecule has 0 aliphatic carbocycles. The van der Waals surface area contributed by atoms with Crippen LogP contribution in [0.5, 0.6) is 0 Å². The summed E-state index contributed by atoms with van der Waals surface area (Å²) in [7, 11) is 0. The highest BCUT2D eigenvalue weighted by Gasteiger charge is 2.32. The first kappa shape index (κ1) is 22.1. The van der Waals surface area contributed by atoms with E-state index < -0.39 is 5.82 Å². The molecule has 1 aromatic carbocycles. The van der Waals surface area contributed by atoms with E-state index in [-0.39, 0.29) is 11.2 Å². The number of imidazole rings is 1. The van der Waals surface area contributed by atoms with Crippen molar-refractivity contribution in [3.05, 3.63) is 58.9 Å². The minimum absolute atomic E-state index is 0.0155. The van der Waals surface area contributed by atoms with Gasteiger partial charge in [-0.05, 0) is 63.1 Å². The maximum absolute atomic E-state index is 15.0. The van der Waals surface area contributed by atoms with E-state index in [1.165, 1.54) is 11.8 Å². The van der Waals surface area contributed by atoms with E-state index in [1.807, 2.05) is 25.1 Å². The van der Waals surface area contributed by atoms with Crippen LogP contribution in [0.15, 0.2) is 30.5 Å². The molecule has 0 bridgehead atoms. The Morgan fingerprint density at radius 3 is 2.80 bits per heavy atom. The maximum atomic E-state index is 15.0. The van der Waals surface area contributed by atoms with Gasteiger partial charge in [0.2, 0.25) is 5.95 Å². The molecule has 0 saturated heterocycles. The van der Waals surface area contributed by atoms with E-state index in [1.54, 1.807) is 0 Å². The predicted molar refractivity (Wildman–Crippen MR) is 135 cm³/mol. The number of fused-ring (bicyclic) bond motifs is 4. The van der Waals surface area contributed by atoms with Crippen LogP contribution < -0.4 is 5.32 Å². The molecular formula is C27H30FN7. The molecule has 180 valence electrons. The number of aromatic nitrogens is 5. The summed E-state index contributed by atoms with van der Waals surface area (Å²) in [5.74, 6) is 1.65. The Kier molecular flexibility index (Phi) is 5.11. The predicted octanol–water partition coefficient (Wildman–Crippen LogP) is 5.14. The Balaban J connectivity index is 1.35. The van der Waals surface area contributed by atoms with Crippen LogP contribution in [-0.4, -0.2) is 42.5 Å². The monoisotopic (exact) mass is 471 g/mol. The van der Waals surface area contributed by atoms with Gasteiger partial charge in [0.05, 0.1) is 17.2 Å². The van der Waals surface area contributed by atoms with E-state index >= 15 is 0 Å². The number of nitrogens with one attached hydrogen (secondary N) is 1. The second-order valence-electron chi connectivity index (χ2n) is 10.3. The van der Waals surface area contributed by atoms with Gasteiger partial charge in [-0.3, -0.25) is 4.90 Å². The number of hydrogen-bond donors (Lipinski definition) is 1. The fourth-order valence-electron chi connectivity index (χ4n) is 5.46. The van der Waals surface area contributed by atoms with E-state index in [0.29, 0.717) is 11.8 Å². The summed E-state index contributed by atoms with van der Waals surface area (Å²) in [6, 6.07) is 8.02. The summed E-state index contributed by atoms with van der Waals surface area (Å²) in [5.41, 5.74) is 6.35. The Hall–Kier alpha value is -3.39. The molecule has 35 heavy (non-hydrogen) atoms. The Labute approximate surface area is 204 Å². The van der Waals surface area contributed by atoms with Gasteiger partial charge >= 0.3 is 0 Å². The molecule has 0 saturated carbocycles. The number of benzene rings is 1. The largest absolute Gasteiger partial charge is 0.322 e. The molecule has 0 amide bonds. The summed E-state index contributed by atoms with van der Waals surface area (Å²) in [4.78, 5) is 20.8. The van der Waals surface area contributed by atoms with Crippen molar-refractivity contribution in [3.63, 3.8) is 0 Å². The molecule has 2 aliphatic rings. The molecule has 0 radical (unpaired) electrons. The molecule has 6 rings (SSSR count). The molecule has 5 heterocycles. The van der Waals surface area contributed by atoms with E-state index in [4.69, 9.17) is 9.97 Å². The molecule has 0 unspecified atom stereocenters. The van der Waals surface area contributed by atoms with Crippen LogP contribution in [0.25, 0.3) is 22.3 Å². The molecule has 4 aromatic rings. The lowest BCUT2D eigenvalue weighted by atomic mass is 10.0. The van der Waals surface area contributed by atoms with Crippen LogP contribution in [0.4, 0.5) is 16.2 Å². The van der Waals surface area contributed by atoms with Gasteiger partial charge in [-0.25, -0.2) is 24.3 Å². The number of likely N-dealkylation sites (N-methyl/N-ethyl adjacent to an activating group) is 1. The van der Waals surface area contributed by atoms with E-state index in [9.17, 15) is 4.39 Å². The molecule has 8 heteroatoms. The summed E-state index contributed by atoms with van der Waals surface area (Å²) in [5, 5.41) is 3.19. The maximum Gasteiger partial charge on any atom is 0.229 e. The number of pyridine rings is 1. The zero-order valence-corrected chi connectivity index (χ0v) is 20.7. The fourth-order valence-corrected chi connectivity index (χ4v) is 5.46. The second kappa shape index (κ2) is 8.09. The van der Waals surface area contributed by atoms with Gasteiger partial charge in [0.15, 0.2) is 5.82 Å². The highest BCUT2D eigenvalue weighted by atomic mass is 19.1. The van der Waals surface area contributed by atoms with Crippen molar-refractivity contribution in [1.82, 2.24) is 29.4 Å². The first-order chi connectivity index (χ1) is 16.8. The summed E-state index contributed by atoms with van der Waals surface area (Å²) in [6.45, 7) is 11.6. The third kappa shape index (κ3) is 3.76. The third-order valence-electron chi connectivity index (χ3n) is 7.42. The number of nitrogens with zero attached hydrogens (tertiary/aromatic N) is 6. The van der Waals surface area contributed by atoms with Crippen molar-refractivity contribution >= 4 is 22.8 Å². The van der Waals surface area contributed by atoms with Crippen molar-refractivity contribution in [2.75, 3.05) is 18.4 Å². The first-order valence-corrected chi connectivity index (χ1v) is 12.4. The lowest BCUT2D eigenvalue weighted by Gasteiger charge is -2.27. The lowest BCUT2D eigenvalue weighted by molar-refractivity contribution is 0.266. The minimum atomic E-state index is -0.451. The summed E-state index contributed by atoms with van der Waals surface area (Å²) in [6.07, 6.45) is 4.15. The summed E-state index contributed by atoms with van der Waals surface area (Å²) >= 11 is 0. The van der Waals surface area contributed by atoms with Gasteiger partial charge < -0.3 is 9.88 Å². The van der Waals surface area contributed by atoms with Gasteiger partial charge in [-0.15, -0.1) is 0 Å². The van der Waals surface area contributed by atoms with E-state index in [2.05, 4.69) is 51.6 Å². The molecule has 7 nitrogen and oxygen atoms in total. The molecule has 0 spiro atoms. The van der Waals surface area contributed by atoms with Crippen LogP contribution in [0.1, 0.15) is 49.8 Å². The topological polar surface area (TPSA) is 71.8 Å². The average molecular weight is 472 g/mol. The SMILES string of the molecule is CCN1CCc2nc(Nc3ncc(F)c(-c4cc(C)c5nc6n(c5c4)C(C)(C)CC6)n3)ccc2C1. The van der Waals surface area contributed by atoms with Crippen molar-refractivity contribution in [1.29, 1.82) is 0 Å². The lowest BCUT2D eigenvalue weighted by Crippen LogP contribution is -2.30. The zero-order chi connectivity index (χ0) is 24.3. The molecule has 3 aromatic heterocycles. The number of halogens is 1. The summed E-state index contributed by atoms with van der Waals surface area (Å²) < 4.78 is 17.3. The zero-order valence-electron chi connectivity index (χ0n) is 20.7. The Morgan fingerprint density at radius 1 is 1.11 bits per heavy atom. The smallest absolute Gasteiger partial charge is 0.229 e. The van der Waals surface area contributed by atoms with Gasteiger partial charge in [-0.2, -0.15) is 0 Å². The highest BCUT2D eigenvalue weighted by molar-refractivity contribution is 5.86. The van der Waals surface area contributed by atoms with E-state index in [0.717, 1.165) is 72.6 Å². The quantitative estimate of drug-likeness (QED) is 0.444. The van der Waals surface area contributed by atoms with Gasteiger partial charge in [0.1, 0.15) is 17.3 Å². The van der Waals surface area contributed by atoms with Crippen molar-refractivity contribution < 1.29 is 4.39 Å². The van der Waals surface area contributed by atoms with Crippen LogP contribution in [0.2, 0.25) is 0 Å². The molecule has 0 atom stereocenters. The van der Waals surface area contributed by atoms with Crippen LogP contribution in [0, 0.1) is 12.7 Å². The third-order valence-corrected chi connectivity index (χ3v) is 7.42. The normalized spacial score (nSPS) is 16.9. The molecule has 1 N–H and O–H groups in total. The van der Waals surface area contributed by atoms with Crippen molar-refractivity contribution in [3.8, 4) is 11.3 Å². The Morgan fingerprint density at radius 2 is 1.97 bits per heavy atom. The molecular weight excluding hydrogens is 441 g/mol. The number of aryl methyl sites for hydroxylation is 2. The number of anilines is 2. The fraction of sp³-hybridized carbons (Fsp3) is 0.407. The van der Waals surface area contributed by atoms with Crippen molar-refractivity contribution in [2.45, 2.75) is 59.0 Å². The standard InChI is InChI=1S/C27H30FN7/c1-5-34-11-9-20-17(15-34)6-7-22(30-20)31-26-29-14-19(28)25(33-26)18-12-16(2)24-21(13-18)35-23(32-24)8-10-27(35,3)4/h6-7,12-14H,5,8-11,15H2,1-4H3,(H,29,30,31,33). The van der Waals surface area contributed by atoms with Crippen molar-refractivity contribution in [2.24, 2.45) is 0 Å². The highest BCUT2D eigenvalue weighted by Crippen LogP contribution is 2.38. The second-order valence-corrected chi connectivity index (χ2v) is 10.3. The number of rotatable bonds is 4.